The maximum absolute atomic E-state index is 11.9. The first-order valence-electron chi connectivity index (χ1n) is 7.00. The van der Waals surface area contributed by atoms with E-state index in [1.165, 1.54) is 12.8 Å². The lowest BCUT2D eigenvalue weighted by Gasteiger charge is -2.39. The van der Waals surface area contributed by atoms with Crippen molar-refractivity contribution in [2.45, 2.75) is 50.9 Å². The molecular formula is C13H25F3N2O. The first kappa shape index (κ1) is 16.7. The van der Waals surface area contributed by atoms with Crippen molar-refractivity contribution in [1.29, 1.82) is 0 Å². The zero-order valence-corrected chi connectivity index (χ0v) is 11.8. The van der Waals surface area contributed by atoms with Crippen LogP contribution in [0.25, 0.3) is 0 Å². The molecule has 0 radical (unpaired) electrons. The van der Waals surface area contributed by atoms with Gasteiger partial charge < -0.3 is 10.1 Å². The second-order valence-electron chi connectivity index (χ2n) is 5.20. The van der Waals surface area contributed by atoms with Gasteiger partial charge in [-0.3, -0.25) is 4.90 Å². The Morgan fingerprint density at radius 3 is 2.74 bits per heavy atom. The summed E-state index contributed by atoms with van der Waals surface area (Å²) in [7, 11) is 1.95. The van der Waals surface area contributed by atoms with Gasteiger partial charge in [0.2, 0.25) is 0 Å². The highest BCUT2D eigenvalue weighted by Gasteiger charge is 2.28. The van der Waals surface area contributed by atoms with Crippen molar-refractivity contribution in [3.05, 3.63) is 0 Å². The summed E-state index contributed by atoms with van der Waals surface area (Å²) in [4.78, 5) is 2.38. The molecule has 1 fully saturated rings. The minimum atomic E-state index is -4.21. The van der Waals surface area contributed by atoms with Crippen molar-refractivity contribution < 1.29 is 17.9 Å². The normalized spacial score (nSPS) is 23.5. The molecule has 0 aliphatic carbocycles. The molecule has 19 heavy (non-hydrogen) atoms. The summed E-state index contributed by atoms with van der Waals surface area (Å²) in [5, 5.41) is 3.26. The third-order valence-electron chi connectivity index (χ3n) is 3.70. The maximum atomic E-state index is 11.9. The Morgan fingerprint density at radius 2 is 2.11 bits per heavy atom. The molecule has 6 heteroatoms. The molecule has 0 bridgehead atoms. The Balaban J connectivity index is 2.22. The van der Waals surface area contributed by atoms with Crippen molar-refractivity contribution in [3.8, 4) is 0 Å². The van der Waals surface area contributed by atoms with Crippen molar-refractivity contribution in [2.75, 3.05) is 33.4 Å². The fourth-order valence-corrected chi connectivity index (χ4v) is 2.61. The summed E-state index contributed by atoms with van der Waals surface area (Å²) < 4.78 is 40.4. The lowest BCUT2D eigenvalue weighted by Crippen LogP contribution is -2.50. The van der Waals surface area contributed by atoms with Gasteiger partial charge in [0.05, 0.1) is 0 Å². The van der Waals surface area contributed by atoms with Gasteiger partial charge in [0.1, 0.15) is 6.61 Å². The van der Waals surface area contributed by atoms with Crippen LogP contribution in [0.2, 0.25) is 0 Å². The third kappa shape index (κ3) is 6.58. The highest BCUT2D eigenvalue weighted by Crippen LogP contribution is 2.20. The number of likely N-dealkylation sites (N-methyl/N-ethyl adjacent to an activating group) is 1. The van der Waals surface area contributed by atoms with E-state index < -0.39 is 12.8 Å². The quantitative estimate of drug-likeness (QED) is 0.726. The van der Waals surface area contributed by atoms with Gasteiger partial charge in [0, 0.05) is 25.2 Å². The molecule has 0 aromatic rings. The molecule has 0 saturated carbocycles. The first-order valence-corrected chi connectivity index (χ1v) is 7.00. The van der Waals surface area contributed by atoms with Crippen LogP contribution in [0.1, 0.15) is 32.6 Å². The number of nitrogens with one attached hydrogen (secondary N) is 1. The number of nitrogens with zero attached hydrogens (tertiary/aromatic N) is 1. The maximum Gasteiger partial charge on any atom is 0.411 e. The van der Waals surface area contributed by atoms with E-state index in [4.69, 9.17) is 0 Å². The molecule has 1 N–H and O–H groups in total. The van der Waals surface area contributed by atoms with Crippen molar-refractivity contribution >= 4 is 0 Å². The van der Waals surface area contributed by atoms with E-state index in [1.54, 1.807) is 0 Å². The van der Waals surface area contributed by atoms with Crippen LogP contribution in [0.3, 0.4) is 0 Å². The van der Waals surface area contributed by atoms with Gasteiger partial charge in [-0.15, -0.1) is 0 Å². The molecule has 0 aromatic carbocycles. The molecule has 2 unspecified atom stereocenters. The van der Waals surface area contributed by atoms with E-state index in [0.717, 1.165) is 19.5 Å². The molecular weight excluding hydrogens is 257 g/mol. The van der Waals surface area contributed by atoms with E-state index in [-0.39, 0.29) is 6.61 Å². The topological polar surface area (TPSA) is 24.5 Å². The lowest BCUT2D eigenvalue weighted by molar-refractivity contribution is -0.174. The lowest BCUT2D eigenvalue weighted by atomic mass is 9.96. The highest BCUT2D eigenvalue weighted by atomic mass is 19.4. The molecule has 1 aliphatic rings. The predicted molar refractivity (Wildman–Crippen MR) is 69.2 cm³/mol. The zero-order valence-electron chi connectivity index (χ0n) is 11.8. The van der Waals surface area contributed by atoms with Crippen LogP contribution >= 0.6 is 0 Å². The van der Waals surface area contributed by atoms with E-state index >= 15 is 0 Å². The van der Waals surface area contributed by atoms with Gasteiger partial charge in [-0.05, 0) is 39.8 Å². The molecule has 1 heterocycles. The van der Waals surface area contributed by atoms with E-state index in [9.17, 15) is 13.2 Å². The van der Waals surface area contributed by atoms with Gasteiger partial charge in [0.15, 0.2) is 0 Å². The molecule has 3 nitrogen and oxygen atoms in total. The van der Waals surface area contributed by atoms with Crippen molar-refractivity contribution in [2.24, 2.45) is 0 Å². The van der Waals surface area contributed by atoms with Crippen LogP contribution in [-0.4, -0.2) is 56.5 Å². The van der Waals surface area contributed by atoms with Crippen LogP contribution in [-0.2, 0) is 4.74 Å². The molecule has 0 amide bonds. The fraction of sp³-hybridized carbons (Fsp3) is 1.00. The minimum absolute atomic E-state index is 0.177. The SMILES string of the molecule is CNC(C)C1CCCCN1CCCOCC(F)(F)F. The standard InChI is InChI=1S/C13H25F3N2O/c1-11(17-2)12-6-3-4-7-18(12)8-5-9-19-10-13(14,15)16/h11-12,17H,3-10H2,1-2H3. The van der Waals surface area contributed by atoms with Crippen LogP contribution in [0.15, 0.2) is 0 Å². The number of ether oxygens (including phenoxy) is 1. The van der Waals surface area contributed by atoms with E-state index in [2.05, 4.69) is 21.9 Å². The van der Waals surface area contributed by atoms with Crippen molar-refractivity contribution in [1.82, 2.24) is 10.2 Å². The number of hydrogen-bond donors (Lipinski definition) is 1. The van der Waals surface area contributed by atoms with Gasteiger partial charge >= 0.3 is 6.18 Å². The Labute approximate surface area is 113 Å². The van der Waals surface area contributed by atoms with E-state index in [0.29, 0.717) is 18.5 Å². The van der Waals surface area contributed by atoms with Crippen LogP contribution in [0.5, 0.6) is 0 Å². The smallest absolute Gasteiger partial charge is 0.372 e. The summed E-state index contributed by atoms with van der Waals surface area (Å²) in [5.74, 6) is 0. The van der Waals surface area contributed by atoms with Crippen molar-refractivity contribution in [3.63, 3.8) is 0 Å². The minimum Gasteiger partial charge on any atom is -0.372 e. The van der Waals surface area contributed by atoms with Gasteiger partial charge in [-0.2, -0.15) is 13.2 Å². The fourth-order valence-electron chi connectivity index (χ4n) is 2.61. The Bertz CT molecular complexity index is 249. The number of alkyl halides is 3. The van der Waals surface area contributed by atoms with Crippen LogP contribution in [0.4, 0.5) is 13.2 Å². The summed E-state index contributed by atoms with van der Waals surface area (Å²) in [6, 6.07) is 0.901. The molecule has 2 atom stereocenters. The van der Waals surface area contributed by atoms with Gasteiger partial charge in [0.25, 0.3) is 0 Å². The largest absolute Gasteiger partial charge is 0.411 e. The van der Waals surface area contributed by atoms with Gasteiger partial charge in [-0.25, -0.2) is 0 Å². The molecule has 1 aliphatic heterocycles. The zero-order chi connectivity index (χ0) is 14.3. The Hall–Kier alpha value is -0.330. The van der Waals surface area contributed by atoms with Gasteiger partial charge in [-0.1, -0.05) is 6.42 Å². The van der Waals surface area contributed by atoms with Crippen LogP contribution < -0.4 is 5.32 Å². The monoisotopic (exact) mass is 282 g/mol. The summed E-state index contributed by atoms with van der Waals surface area (Å²) in [6.45, 7) is 3.05. The summed E-state index contributed by atoms with van der Waals surface area (Å²) in [5.41, 5.74) is 0. The average Bonchev–Trinajstić information content (AvgIpc) is 2.36. The Kier molecular flexibility index (Phi) is 7.10. The number of hydrogen-bond acceptors (Lipinski definition) is 3. The first-order chi connectivity index (χ1) is 8.94. The third-order valence-corrected chi connectivity index (χ3v) is 3.70. The second kappa shape index (κ2) is 8.07. The Morgan fingerprint density at radius 1 is 1.37 bits per heavy atom. The molecule has 1 saturated heterocycles. The molecule has 114 valence electrons. The molecule has 1 rings (SSSR count). The summed E-state index contributed by atoms with van der Waals surface area (Å²) in [6.07, 6.45) is 0.0108. The van der Waals surface area contributed by atoms with Crippen LogP contribution in [0, 0.1) is 0 Å². The average molecular weight is 282 g/mol. The predicted octanol–water partition coefficient (Wildman–Crippen LogP) is 2.42. The second-order valence-corrected chi connectivity index (χ2v) is 5.20. The number of halogens is 3. The number of piperidine rings is 1. The number of likely N-dealkylation sites (tertiary alicyclic amines) is 1. The summed E-state index contributed by atoms with van der Waals surface area (Å²) >= 11 is 0. The number of rotatable bonds is 7. The van der Waals surface area contributed by atoms with E-state index in [1.807, 2.05) is 7.05 Å². The molecule has 0 spiro atoms. The highest BCUT2D eigenvalue weighted by molar-refractivity contribution is 4.84. The molecule has 0 aromatic heterocycles.